The van der Waals surface area contributed by atoms with Crippen molar-refractivity contribution in [3.8, 4) is 0 Å². The lowest BCUT2D eigenvalue weighted by Gasteiger charge is -2.26. The molecule has 8 nitrogen and oxygen atoms in total. The van der Waals surface area contributed by atoms with Crippen LogP contribution in [0.5, 0.6) is 0 Å². The number of esters is 1. The molecular formula is C56H109N3O5S. The van der Waals surface area contributed by atoms with Gasteiger partial charge in [-0.3, -0.25) is 19.3 Å². The molecule has 65 heavy (non-hydrogen) atoms. The van der Waals surface area contributed by atoms with Crippen molar-refractivity contribution in [1.29, 1.82) is 0 Å². The second-order valence-corrected chi connectivity index (χ2v) is 21.1. The van der Waals surface area contributed by atoms with Crippen LogP contribution in [0.4, 0.5) is 0 Å². The number of unbranched alkanes of at least 4 members (excludes halogenated alkanes) is 30. The minimum Gasteiger partial charge on any atom is -0.465 e. The molecule has 0 spiro atoms. The predicted molar refractivity (Wildman–Crippen MR) is 281 cm³/mol. The third kappa shape index (κ3) is 42.5. The van der Waals surface area contributed by atoms with E-state index in [4.69, 9.17) is 9.47 Å². The van der Waals surface area contributed by atoms with Gasteiger partial charge in [-0.2, -0.15) is 11.8 Å². The molecule has 1 rings (SSSR count). The molecule has 1 aliphatic rings. The molecule has 0 aromatic carbocycles. The first kappa shape index (κ1) is 61.7. The fourth-order valence-corrected chi connectivity index (χ4v) is 10.1. The Morgan fingerprint density at radius 1 is 0.523 bits per heavy atom. The molecule has 0 aliphatic carbocycles. The molecular weight excluding hydrogens is 827 g/mol. The van der Waals surface area contributed by atoms with Crippen molar-refractivity contribution in [2.45, 2.75) is 277 Å². The Labute approximate surface area is 407 Å². The maximum absolute atomic E-state index is 13.4. The van der Waals surface area contributed by atoms with Crippen LogP contribution in [0, 0.1) is 5.92 Å². The van der Waals surface area contributed by atoms with E-state index in [1.54, 1.807) is 11.8 Å². The highest BCUT2D eigenvalue weighted by molar-refractivity contribution is 7.99. The molecule has 1 aliphatic heterocycles. The van der Waals surface area contributed by atoms with Crippen molar-refractivity contribution in [3.63, 3.8) is 0 Å². The van der Waals surface area contributed by atoms with E-state index in [0.29, 0.717) is 49.8 Å². The van der Waals surface area contributed by atoms with Crippen LogP contribution in [-0.2, 0) is 23.9 Å². The van der Waals surface area contributed by atoms with Crippen LogP contribution in [0.25, 0.3) is 0 Å². The lowest BCUT2D eigenvalue weighted by atomic mass is 9.94. The minimum atomic E-state index is -0.551. The molecule has 0 aromatic heterocycles. The topological polar surface area (TPSA) is 97.0 Å². The van der Waals surface area contributed by atoms with Gasteiger partial charge in [0.1, 0.15) is 6.04 Å². The first-order chi connectivity index (χ1) is 32.0. The zero-order valence-electron chi connectivity index (χ0n) is 43.5. The average molecular weight is 937 g/mol. The smallest absolute Gasteiger partial charge is 0.306 e. The molecule has 0 aromatic rings. The van der Waals surface area contributed by atoms with E-state index >= 15 is 0 Å². The number of ether oxygens (including phenoxy) is 2. The SMILES string of the molecule is CCCCCCCCCCCCCCCCCC(=O)NC(CCSCCC(=O)OCC(CCCCCCCCCC)CCCCCCCCCCCC)C(=O)NCCCN1CCOCC1. The van der Waals surface area contributed by atoms with Crippen LogP contribution in [0.3, 0.4) is 0 Å². The number of nitrogens with one attached hydrogen (secondary N) is 2. The number of hydrogen-bond acceptors (Lipinski definition) is 7. The van der Waals surface area contributed by atoms with Crippen LogP contribution >= 0.6 is 11.8 Å². The Balaban J connectivity index is 2.43. The number of hydrogen-bond donors (Lipinski definition) is 2. The highest BCUT2D eigenvalue weighted by atomic mass is 32.2. The summed E-state index contributed by atoms with van der Waals surface area (Å²) in [4.78, 5) is 41.7. The highest BCUT2D eigenvalue weighted by Gasteiger charge is 2.21. The number of morpholine rings is 1. The Morgan fingerprint density at radius 3 is 1.42 bits per heavy atom. The minimum absolute atomic E-state index is 0.0268. The van der Waals surface area contributed by atoms with Gasteiger partial charge in [0.25, 0.3) is 0 Å². The van der Waals surface area contributed by atoms with Gasteiger partial charge in [0.05, 0.1) is 26.2 Å². The Morgan fingerprint density at radius 2 is 0.954 bits per heavy atom. The van der Waals surface area contributed by atoms with Gasteiger partial charge in [-0.25, -0.2) is 0 Å². The molecule has 1 heterocycles. The van der Waals surface area contributed by atoms with E-state index in [2.05, 4.69) is 36.3 Å². The normalized spacial score (nSPS) is 14.1. The van der Waals surface area contributed by atoms with Gasteiger partial charge in [-0.15, -0.1) is 0 Å². The third-order valence-corrected chi connectivity index (χ3v) is 14.6. The van der Waals surface area contributed by atoms with Gasteiger partial charge in [0.15, 0.2) is 0 Å². The van der Waals surface area contributed by atoms with E-state index in [1.165, 1.54) is 199 Å². The summed E-state index contributed by atoms with van der Waals surface area (Å²) >= 11 is 1.68. The summed E-state index contributed by atoms with van der Waals surface area (Å²) in [6.07, 6.45) is 48.1. The molecule has 1 fully saturated rings. The first-order valence-electron chi connectivity index (χ1n) is 28.6. The van der Waals surface area contributed by atoms with E-state index in [9.17, 15) is 14.4 Å². The molecule has 2 N–H and O–H groups in total. The Bertz CT molecular complexity index is 1040. The van der Waals surface area contributed by atoms with Gasteiger partial charge < -0.3 is 20.1 Å². The first-order valence-corrected chi connectivity index (χ1v) is 29.8. The predicted octanol–water partition coefficient (Wildman–Crippen LogP) is 15.1. The van der Waals surface area contributed by atoms with Crippen molar-refractivity contribution >= 4 is 29.5 Å². The molecule has 2 amide bonds. The Hall–Kier alpha value is -1.32. The summed E-state index contributed by atoms with van der Waals surface area (Å²) < 4.78 is 11.4. The quantitative estimate of drug-likeness (QED) is 0.0463. The number of amides is 2. The molecule has 0 radical (unpaired) electrons. The van der Waals surface area contributed by atoms with E-state index in [1.807, 2.05) is 0 Å². The molecule has 0 bridgehead atoms. The number of thioether (sulfide) groups is 1. The maximum atomic E-state index is 13.4. The molecule has 2 atom stereocenters. The van der Waals surface area contributed by atoms with Crippen molar-refractivity contribution in [1.82, 2.24) is 15.5 Å². The fourth-order valence-electron chi connectivity index (χ4n) is 9.19. The second-order valence-electron chi connectivity index (χ2n) is 19.9. The van der Waals surface area contributed by atoms with E-state index in [0.717, 1.165) is 65.0 Å². The third-order valence-electron chi connectivity index (χ3n) is 13.6. The lowest BCUT2D eigenvalue weighted by molar-refractivity contribution is -0.144. The fraction of sp³-hybridized carbons (Fsp3) is 0.946. The molecule has 0 saturated carbocycles. The second kappa shape index (κ2) is 49.1. The van der Waals surface area contributed by atoms with Gasteiger partial charge >= 0.3 is 5.97 Å². The summed E-state index contributed by atoms with van der Waals surface area (Å²) in [6.45, 7) is 12.4. The standard InChI is InChI=1S/C56H109N3O5S/c1-4-7-10-13-16-19-21-22-23-24-25-27-30-33-36-40-54(60)58-53(56(62)57-43-37-44-59-45-47-63-48-46-59)41-49-65-50-42-55(61)64-51-52(38-34-31-28-18-15-12-9-6-3)39-35-32-29-26-20-17-14-11-8-5-2/h52-53H,4-51H2,1-3H3,(H,57,62)(H,58,60). The number of nitrogens with zero attached hydrogens (tertiary/aromatic N) is 1. The van der Waals surface area contributed by atoms with Crippen LogP contribution in [-0.4, -0.2) is 86.2 Å². The van der Waals surface area contributed by atoms with E-state index in [-0.39, 0.29) is 17.8 Å². The number of carbonyl (C=O) groups excluding carboxylic acids is 3. The maximum Gasteiger partial charge on any atom is 0.306 e. The summed E-state index contributed by atoms with van der Waals surface area (Å²) in [5.41, 5.74) is 0. The van der Waals surface area contributed by atoms with Crippen LogP contribution in [0.1, 0.15) is 271 Å². The lowest BCUT2D eigenvalue weighted by Crippen LogP contribution is -2.47. The van der Waals surface area contributed by atoms with Crippen molar-refractivity contribution in [2.24, 2.45) is 5.92 Å². The zero-order valence-corrected chi connectivity index (χ0v) is 44.3. The molecule has 384 valence electrons. The molecule has 9 heteroatoms. The summed E-state index contributed by atoms with van der Waals surface area (Å²) in [7, 11) is 0. The molecule has 1 saturated heterocycles. The Kier molecular flexibility index (Phi) is 46.6. The largest absolute Gasteiger partial charge is 0.465 e. The van der Waals surface area contributed by atoms with Crippen LogP contribution < -0.4 is 10.6 Å². The number of rotatable bonds is 50. The summed E-state index contributed by atoms with van der Waals surface area (Å²) in [6, 6.07) is -0.551. The van der Waals surface area contributed by atoms with Gasteiger partial charge in [-0.1, -0.05) is 226 Å². The average Bonchev–Trinajstić information content (AvgIpc) is 3.31. The summed E-state index contributed by atoms with van der Waals surface area (Å²) in [5.74, 6) is 1.61. The van der Waals surface area contributed by atoms with Gasteiger partial charge in [-0.05, 0) is 50.3 Å². The van der Waals surface area contributed by atoms with Crippen molar-refractivity contribution < 1.29 is 23.9 Å². The van der Waals surface area contributed by atoms with Gasteiger partial charge in [0.2, 0.25) is 11.8 Å². The van der Waals surface area contributed by atoms with Gasteiger partial charge in [0, 0.05) is 31.8 Å². The summed E-state index contributed by atoms with van der Waals surface area (Å²) in [5, 5.41) is 6.19. The molecule has 2 unspecified atom stereocenters. The number of carbonyl (C=O) groups is 3. The van der Waals surface area contributed by atoms with Crippen LogP contribution in [0.15, 0.2) is 0 Å². The monoisotopic (exact) mass is 936 g/mol. The van der Waals surface area contributed by atoms with Crippen molar-refractivity contribution in [3.05, 3.63) is 0 Å². The van der Waals surface area contributed by atoms with E-state index < -0.39 is 6.04 Å². The van der Waals surface area contributed by atoms with Crippen molar-refractivity contribution in [2.75, 3.05) is 57.5 Å². The van der Waals surface area contributed by atoms with Crippen LogP contribution in [0.2, 0.25) is 0 Å². The zero-order chi connectivity index (χ0) is 46.9. The highest BCUT2D eigenvalue weighted by Crippen LogP contribution is 2.21.